The van der Waals surface area contributed by atoms with Gasteiger partial charge in [-0.15, -0.1) is 0 Å². The van der Waals surface area contributed by atoms with Crippen molar-refractivity contribution >= 4 is 0 Å². The van der Waals surface area contributed by atoms with Crippen molar-refractivity contribution in [2.45, 2.75) is 33.4 Å². The third kappa shape index (κ3) is 3.75. The number of aromatic nitrogens is 4. The summed E-state index contributed by atoms with van der Waals surface area (Å²) < 4.78 is 7.35. The Morgan fingerprint density at radius 3 is 2.79 bits per heavy atom. The lowest BCUT2D eigenvalue weighted by atomic mass is 10.3. The first kappa shape index (κ1) is 13.5. The number of rotatable bonds is 5. The van der Waals surface area contributed by atoms with E-state index in [1.54, 1.807) is 17.1 Å². The molecule has 0 aromatic carbocycles. The molecule has 0 aliphatic carbocycles. The minimum atomic E-state index is 0.408. The number of aryl methyl sites for hydroxylation is 2. The maximum absolute atomic E-state index is 5.68. The molecular formula is C13H19N5O. The Hall–Kier alpha value is -1.95. The molecule has 0 spiro atoms. The van der Waals surface area contributed by atoms with Crippen LogP contribution in [0.1, 0.15) is 25.2 Å². The van der Waals surface area contributed by atoms with Gasteiger partial charge in [-0.1, -0.05) is 13.8 Å². The number of hydrogen-bond donors (Lipinski definition) is 1. The molecule has 2 aromatic rings. The van der Waals surface area contributed by atoms with Crippen LogP contribution in [0.5, 0.6) is 11.8 Å². The molecule has 2 heterocycles. The summed E-state index contributed by atoms with van der Waals surface area (Å²) in [7, 11) is 1.83. The van der Waals surface area contributed by atoms with Crippen LogP contribution in [0.15, 0.2) is 18.5 Å². The van der Waals surface area contributed by atoms with E-state index in [1.807, 2.05) is 20.0 Å². The fraction of sp³-hybridized carbons (Fsp3) is 0.462. The van der Waals surface area contributed by atoms with E-state index in [9.17, 15) is 0 Å². The predicted molar refractivity (Wildman–Crippen MR) is 72.0 cm³/mol. The quantitative estimate of drug-likeness (QED) is 0.889. The number of ether oxygens (including phenoxy) is 1. The Bertz CT molecular complexity index is 550. The fourth-order valence-electron chi connectivity index (χ4n) is 1.62. The SMILES string of the molecule is Cc1cc(Oc2cncc(CNC(C)C)n2)n(C)n1. The maximum Gasteiger partial charge on any atom is 0.240 e. The highest BCUT2D eigenvalue weighted by Crippen LogP contribution is 2.18. The molecule has 0 bridgehead atoms. The summed E-state index contributed by atoms with van der Waals surface area (Å²) in [5, 5.41) is 7.51. The lowest BCUT2D eigenvalue weighted by Gasteiger charge is -2.08. The zero-order valence-electron chi connectivity index (χ0n) is 11.7. The molecule has 2 aromatic heterocycles. The van der Waals surface area contributed by atoms with Gasteiger partial charge in [-0.05, 0) is 6.92 Å². The van der Waals surface area contributed by atoms with Crippen molar-refractivity contribution in [3.05, 3.63) is 29.8 Å². The molecule has 0 saturated carbocycles. The van der Waals surface area contributed by atoms with Crippen LogP contribution in [0.4, 0.5) is 0 Å². The van der Waals surface area contributed by atoms with Crippen molar-refractivity contribution in [3.63, 3.8) is 0 Å². The summed E-state index contributed by atoms with van der Waals surface area (Å²) in [4.78, 5) is 8.54. The molecule has 1 N–H and O–H groups in total. The van der Waals surface area contributed by atoms with Gasteiger partial charge in [0.25, 0.3) is 0 Å². The van der Waals surface area contributed by atoms with Crippen LogP contribution in [-0.4, -0.2) is 25.8 Å². The summed E-state index contributed by atoms with van der Waals surface area (Å²) in [6.45, 7) is 6.77. The van der Waals surface area contributed by atoms with Crippen molar-refractivity contribution in [1.29, 1.82) is 0 Å². The second-order valence-electron chi connectivity index (χ2n) is 4.73. The molecule has 2 rings (SSSR count). The number of hydrogen-bond acceptors (Lipinski definition) is 5. The molecule has 19 heavy (non-hydrogen) atoms. The van der Waals surface area contributed by atoms with Crippen LogP contribution >= 0.6 is 0 Å². The average molecular weight is 261 g/mol. The summed E-state index contributed by atoms with van der Waals surface area (Å²) in [5.74, 6) is 1.13. The summed E-state index contributed by atoms with van der Waals surface area (Å²) >= 11 is 0. The Morgan fingerprint density at radius 1 is 1.37 bits per heavy atom. The summed E-state index contributed by atoms with van der Waals surface area (Å²) in [6, 6.07) is 2.27. The second-order valence-corrected chi connectivity index (χ2v) is 4.73. The molecule has 0 fully saturated rings. The third-order valence-corrected chi connectivity index (χ3v) is 2.52. The van der Waals surface area contributed by atoms with Gasteiger partial charge in [0, 0.05) is 31.9 Å². The van der Waals surface area contributed by atoms with Gasteiger partial charge in [-0.25, -0.2) is 9.67 Å². The Balaban J connectivity index is 2.08. The first-order chi connectivity index (χ1) is 9.04. The van der Waals surface area contributed by atoms with E-state index in [0.717, 1.165) is 11.4 Å². The van der Waals surface area contributed by atoms with Crippen molar-refractivity contribution in [3.8, 4) is 11.8 Å². The zero-order chi connectivity index (χ0) is 13.8. The van der Waals surface area contributed by atoms with Crippen LogP contribution in [0.3, 0.4) is 0 Å². The van der Waals surface area contributed by atoms with Gasteiger partial charge < -0.3 is 10.1 Å². The van der Waals surface area contributed by atoms with Crippen LogP contribution in [-0.2, 0) is 13.6 Å². The van der Waals surface area contributed by atoms with Crippen LogP contribution < -0.4 is 10.1 Å². The molecule has 0 saturated heterocycles. The van der Waals surface area contributed by atoms with Gasteiger partial charge in [0.05, 0.1) is 17.6 Å². The minimum Gasteiger partial charge on any atom is -0.419 e. The van der Waals surface area contributed by atoms with Gasteiger partial charge >= 0.3 is 0 Å². The van der Waals surface area contributed by atoms with Gasteiger partial charge in [0.2, 0.25) is 11.8 Å². The highest BCUT2D eigenvalue weighted by Gasteiger charge is 2.07. The van der Waals surface area contributed by atoms with Crippen molar-refractivity contribution in [2.75, 3.05) is 0 Å². The van der Waals surface area contributed by atoms with E-state index in [4.69, 9.17) is 4.74 Å². The second kappa shape index (κ2) is 5.79. The van der Waals surface area contributed by atoms with Crippen molar-refractivity contribution in [1.82, 2.24) is 25.1 Å². The van der Waals surface area contributed by atoms with Gasteiger partial charge in [0.15, 0.2) is 0 Å². The molecule has 0 aliphatic heterocycles. The first-order valence-electron chi connectivity index (χ1n) is 6.27. The topological polar surface area (TPSA) is 64.9 Å². The lowest BCUT2D eigenvalue weighted by Crippen LogP contribution is -2.22. The number of nitrogens with one attached hydrogen (secondary N) is 1. The first-order valence-corrected chi connectivity index (χ1v) is 6.27. The van der Waals surface area contributed by atoms with Gasteiger partial charge in [-0.3, -0.25) is 4.98 Å². The normalized spacial score (nSPS) is 11.0. The van der Waals surface area contributed by atoms with E-state index in [1.165, 1.54) is 0 Å². The van der Waals surface area contributed by atoms with Crippen molar-refractivity contribution < 1.29 is 4.74 Å². The molecule has 0 atom stereocenters. The molecule has 0 amide bonds. The smallest absolute Gasteiger partial charge is 0.240 e. The number of nitrogens with zero attached hydrogens (tertiary/aromatic N) is 4. The van der Waals surface area contributed by atoms with Gasteiger partial charge in [0.1, 0.15) is 0 Å². The fourth-order valence-corrected chi connectivity index (χ4v) is 1.62. The standard InChI is InChI=1S/C13H19N5O/c1-9(2)15-7-11-6-14-8-12(16-11)19-13-5-10(3)17-18(13)4/h5-6,8-9,15H,7H2,1-4H3. The van der Waals surface area contributed by atoms with Gasteiger partial charge in [-0.2, -0.15) is 5.10 Å². The minimum absolute atomic E-state index is 0.408. The highest BCUT2D eigenvalue weighted by molar-refractivity contribution is 5.20. The van der Waals surface area contributed by atoms with E-state index in [2.05, 4.69) is 34.2 Å². The molecule has 0 unspecified atom stereocenters. The molecular weight excluding hydrogens is 242 g/mol. The Kier molecular flexibility index (Phi) is 4.11. The van der Waals surface area contributed by atoms with Crippen molar-refractivity contribution in [2.24, 2.45) is 7.05 Å². The maximum atomic E-state index is 5.68. The third-order valence-electron chi connectivity index (χ3n) is 2.52. The van der Waals surface area contributed by atoms with Crippen LogP contribution in [0, 0.1) is 6.92 Å². The predicted octanol–water partition coefficient (Wildman–Crippen LogP) is 1.81. The Labute approximate surface area is 112 Å². The lowest BCUT2D eigenvalue weighted by molar-refractivity contribution is 0.410. The molecule has 102 valence electrons. The van der Waals surface area contributed by atoms with Crippen LogP contribution in [0.25, 0.3) is 0 Å². The van der Waals surface area contributed by atoms with Crippen LogP contribution in [0.2, 0.25) is 0 Å². The average Bonchev–Trinajstić information content (AvgIpc) is 2.66. The van der Waals surface area contributed by atoms with E-state index in [-0.39, 0.29) is 0 Å². The zero-order valence-corrected chi connectivity index (χ0v) is 11.7. The largest absolute Gasteiger partial charge is 0.419 e. The summed E-state index contributed by atoms with van der Waals surface area (Å²) in [6.07, 6.45) is 3.33. The molecule has 6 nitrogen and oxygen atoms in total. The molecule has 0 radical (unpaired) electrons. The van der Waals surface area contributed by atoms with E-state index < -0.39 is 0 Å². The molecule has 6 heteroatoms. The summed E-state index contributed by atoms with van der Waals surface area (Å²) in [5.41, 5.74) is 1.76. The Morgan fingerprint density at radius 2 is 2.16 bits per heavy atom. The van der Waals surface area contributed by atoms with E-state index >= 15 is 0 Å². The monoisotopic (exact) mass is 261 g/mol. The highest BCUT2D eigenvalue weighted by atomic mass is 16.5. The van der Waals surface area contributed by atoms with E-state index in [0.29, 0.717) is 24.3 Å². The molecule has 0 aliphatic rings.